The summed E-state index contributed by atoms with van der Waals surface area (Å²) in [5.41, 5.74) is 1.27. The maximum Gasteiger partial charge on any atom is 0.165 e. The number of phenolic OH excluding ortho intramolecular Hbond substituents is 1. The van der Waals surface area contributed by atoms with Gasteiger partial charge in [-0.1, -0.05) is 6.07 Å². The standard InChI is InChI=1S/C23H27FN4O2/c1-23(2,30)9-7-14-3-5-17-19(11-14)27-22(18-12-15(24)4-6-20(18)29)28-21(17)26-16-8-10-25-13-16/h3-6,11-12,16,25,29-30H,7-10,13H2,1-2H3,(H,26,27,28)/t16-/m0/s1. The molecule has 2 aromatic carbocycles. The number of hydrogen-bond donors (Lipinski definition) is 4. The second kappa shape index (κ2) is 8.16. The minimum Gasteiger partial charge on any atom is -0.507 e. The first-order chi connectivity index (χ1) is 14.3. The van der Waals surface area contributed by atoms with Crippen LogP contribution in [-0.2, 0) is 6.42 Å². The number of rotatable bonds is 6. The van der Waals surface area contributed by atoms with Gasteiger partial charge in [-0.2, -0.15) is 0 Å². The zero-order valence-electron chi connectivity index (χ0n) is 17.2. The maximum atomic E-state index is 13.8. The van der Waals surface area contributed by atoms with Gasteiger partial charge in [0, 0.05) is 18.0 Å². The van der Waals surface area contributed by atoms with Gasteiger partial charge in [-0.05, 0) is 75.5 Å². The molecule has 1 fully saturated rings. The number of nitrogens with one attached hydrogen (secondary N) is 2. The number of aromatic nitrogens is 2. The fourth-order valence-corrected chi connectivity index (χ4v) is 3.67. The van der Waals surface area contributed by atoms with Crippen molar-refractivity contribution in [1.82, 2.24) is 15.3 Å². The third kappa shape index (κ3) is 4.68. The average Bonchev–Trinajstić information content (AvgIpc) is 3.20. The molecule has 6 nitrogen and oxygen atoms in total. The summed E-state index contributed by atoms with van der Waals surface area (Å²) in [6.07, 6.45) is 2.31. The predicted molar refractivity (Wildman–Crippen MR) is 116 cm³/mol. The van der Waals surface area contributed by atoms with Gasteiger partial charge < -0.3 is 20.8 Å². The van der Waals surface area contributed by atoms with Crippen molar-refractivity contribution in [3.8, 4) is 17.1 Å². The quantitative estimate of drug-likeness (QED) is 0.496. The van der Waals surface area contributed by atoms with Crippen LogP contribution in [0.4, 0.5) is 10.2 Å². The summed E-state index contributed by atoms with van der Waals surface area (Å²) in [6, 6.07) is 9.98. The van der Waals surface area contributed by atoms with Crippen LogP contribution in [0.25, 0.3) is 22.3 Å². The van der Waals surface area contributed by atoms with Crippen molar-refractivity contribution in [2.45, 2.75) is 44.8 Å². The lowest BCUT2D eigenvalue weighted by Gasteiger charge is -2.18. The van der Waals surface area contributed by atoms with Gasteiger partial charge in [-0.15, -0.1) is 0 Å². The zero-order chi connectivity index (χ0) is 21.3. The smallest absolute Gasteiger partial charge is 0.165 e. The first kappa shape index (κ1) is 20.5. The number of aromatic hydroxyl groups is 1. The molecule has 1 saturated heterocycles. The van der Waals surface area contributed by atoms with Gasteiger partial charge in [0.1, 0.15) is 17.4 Å². The van der Waals surface area contributed by atoms with Crippen molar-refractivity contribution in [2.75, 3.05) is 18.4 Å². The van der Waals surface area contributed by atoms with Gasteiger partial charge in [-0.3, -0.25) is 0 Å². The molecule has 4 rings (SSSR count). The lowest BCUT2D eigenvalue weighted by molar-refractivity contribution is 0.0714. The largest absolute Gasteiger partial charge is 0.507 e. The van der Waals surface area contributed by atoms with Crippen molar-refractivity contribution < 1.29 is 14.6 Å². The molecule has 0 aliphatic carbocycles. The number of fused-ring (bicyclic) bond motifs is 1. The van der Waals surface area contributed by atoms with Crippen molar-refractivity contribution in [3.63, 3.8) is 0 Å². The van der Waals surface area contributed by atoms with Crippen LogP contribution in [0.1, 0.15) is 32.3 Å². The normalized spacial score (nSPS) is 16.9. The van der Waals surface area contributed by atoms with E-state index in [1.54, 1.807) is 13.8 Å². The summed E-state index contributed by atoms with van der Waals surface area (Å²) in [5, 5.41) is 28.0. The minimum atomic E-state index is -0.749. The van der Waals surface area contributed by atoms with Crippen LogP contribution in [-0.4, -0.2) is 44.9 Å². The van der Waals surface area contributed by atoms with Crippen molar-refractivity contribution in [1.29, 1.82) is 0 Å². The third-order valence-corrected chi connectivity index (χ3v) is 5.39. The average molecular weight is 410 g/mol. The molecule has 7 heteroatoms. The molecule has 1 aromatic heterocycles. The summed E-state index contributed by atoms with van der Waals surface area (Å²) in [5.74, 6) is 0.413. The van der Waals surface area contributed by atoms with Crippen molar-refractivity contribution in [2.24, 2.45) is 0 Å². The van der Waals surface area contributed by atoms with E-state index in [1.807, 2.05) is 18.2 Å². The number of nitrogens with zero attached hydrogens (tertiary/aromatic N) is 2. The van der Waals surface area contributed by atoms with Gasteiger partial charge in [0.05, 0.1) is 16.7 Å². The van der Waals surface area contributed by atoms with E-state index >= 15 is 0 Å². The molecule has 1 aliphatic heterocycles. The van der Waals surface area contributed by atoms with Gasteiger partial charge in [0.15, 0.2) is 5.82 Å². The molecule has 0 spiro atoms. The Morgan fingerprint density at radius 1 is 1.20 bits per heavy atom. The molecule has 0 amide bonds. The fourth-order valence-electron chi connectivity index (χ4n) is 3.67. The number of aliphatic hydroxyl groups is 1. The van der Waals surface area contributed by atoms with Crippen LogP contribution in [0.15, 0.2) is 36.4 Å². The van der Waals surface area contributed by atoms with E-state index < -0.39 is 11.4 Å². The molecule has 2 heterocycles. The summed E-state index contributed by atoms with van der Waals surface area (Å²) >= 11 is 0. The molecule has 30 heavy (non-hydrogen) atoms. The first-order valence-corrected chi connectivity index (χ1v) is 10.3. The van der Waals surface area contributed by atoms with Gasteiger partial charge in [0.25, 0.3) is 0 Å². The summed E-state index contributed by atoms with van der Waals surface area (Å²) in [6.45, 7) is 5.37. The highest BCUT2D eigenvalue weighted by Crippen LogP contribution is 2.32. The van der Waals surface area contributed by atoms with Gasteiger partial charge in [-0.25, -0.2) is 14.4 Å². The minimum absolute atomic E-state index is 0.0672. The molecule has 0 unspecified atom stereocenters. The van der Waals surface area contributed by atoms with Crippen LogP contribution in [0.2, 0.25) is 0 Å². The Morgan fingerprint density at radius 3 is 2.77 bits per heavy atom. The van der Waals surface area contributed by atoms with E-state index in [2.05, 4.69) is 20.6 Å². The second-order valence-electron chi connectivity index (χ2n) is 8.56. The summed E-state index contributed by atoms with van der Waals surface area (Å²) in [7, 11) is 0. The molecule has 158 valence electrons. The first-order valence-electron chi connectivity index (χ1n) is 10.3. The van der Waals surface area contributed by atoms with Crippen LogP contribution >= 0.6 is 0 Å². The number of benzene rings is 2. The van der Waals surface area contributed by atoms with Crippen molar-refractivity contribution in [3.05, 3.63) is 47.8 Å². The Bertz CT molecular complexity index is 1060. The summed E-state index contributed by atoms with van der Waals surface area (Å²) < 4.78 is 13.8. The van der Waals surface area contributed by atoms with E-state index in [9.17, 15) is 14.6 Å². The molecule has 1 aliphatic rings. The molecule has 4 N–H and O–H groups in total. The Morgan fingerprint density at radius 2 is 2.03 bits per heavy atom. The molecule has 0 bridgehead atoms. The summed E-state index contributed by atoms with van der Waals surface area (Å²) in [4.78, 5) is 9.27. The number of halogens is 1. The molecule has 1 atom stereocenters. The van der Waals surface area contributed by atoms with Crippen molar-refractivity contribution >= 4 is 16.7 Å². The monoisotopic (exact) mass is 410 g/mol. The zero-order valence-corrected chi connectivity index (χ0v) is 17.2. The number of anilines is 1. The predicted octanol–water partition coefficient (Wildman–Crippen LogP) is 3.62. The van der Waals surface area contributed by atoms with Gasteiger partial charge in [0.2, 0.25) is 0 Å². The highest BCUT2D eigenvalue weighted by molar-refractivity contribution is 5.91. The number of aryl methyl sites for hydroxylation is 1. The maximum absolute atomic E-state index is 13.8. The molecular weight excluding hydrogens is 383 g/mol. The Kier molecular flexibility index (Phi) is 5.58. The van der Waals surface area contributed by atoms with E-state index in [4.69, 9.17) is 0 Å². The molecular formula is C23H27FN4O2. The SMILES string of the molecule is CC(C)(O)CCc1ccc2c(N[C@H]3CCNC3)nc(-c3cc(F)ccc3O)nc2c1. The van der Waals surface area contributed by atoms with E-state index in [1.165, 1.54) is 18.2 Å². The van der Waals surface area contributed by atoms with Crippen LogP contribution in [0.3, 0.4) is 0 Å². The third-order valence-electron chi connectivity index (χ3n) is 5.39. The topological polar surface area (TPSA) is 90.3 Å². The Balaban J connectivity index is 1.79. The highest BCUT2D eigenvalue weighted by atomic mass is 19.1. The molecule has 0 radical (unpaired) electrons. The lowest BCUT2D eigenvalue weighted by Crippen LogP contribution is -2.23. The second-order valence-corrected chi connectivity index (χ2v) is 8.56. The van der Waals surface area contributed by atoms with Gasteiger partial charge >= 0.3 is 0 Å². The molecule has 3 aromatic rings. The number of phenols is 1. The molecule has 0 saturated carbocycles. The van der Waals surface area contributed by atoms with Crippen LogP contribution < -0.4 is 10.6 Å². The van der Waals surface area contributed by atoms with Crippen LogP contribution in [0.5, 0.6) is 5.75 Å². The Hall–Kier alpha value is -2.77. The van der Waals surface area contributed by atoms with Crippen LogP contribution in [0, 0.1) is 5.82 Å². The Labute approximate surface area is 175 Å². The fraction of sp³-hybridized carbons (Fsp3) is 0.391. The number of hydrogen-bond acceptors (Lipinski definition) is 6. The van der Waals surface area contributed by atoms with E-state index in [0.717, 1.165) is 30.5 Å². The lowest BCUT2D eigenvalue weighted by atomic mass is 9.98. The highest BCUT2D eigenvalue weighted by Gasteiger charge is 2.19. The van der Waals surface area contributed by atoms with E-state index in [-0.39, 0.29) is 23.2 Å². The van der Waals surface area contributed by atoms with E-state index in [0.29, 0.717) is 24.2 Å².